The van der Waals surface area contributed by atoms with E-state index < -0.39 is 5.97 Å². The van der Waals surface area contributed by atoms with Gasteiger partial charge in [0.25, 0.3) is 0 Å². The summed E-state index contributed by atoms with van der Waals surface area (Å²) in [5.41, 5.74) is 1.07. The summed E-state index contributed by atoms with van der Waals surface area (Å²) in [4.78, 5) is 15.4. The summed E-state index contributed by atoms with van der Waals surface area (Å²) in [7, 11) is 2.81. The molecule has 4 nitrogen and oxygen atoms in total. The molecule has 0 fully saturated rings. The Kier molecular flexibility index (Phi) is 3.46. The zero-order valence-corrected chi connectivity index (χ0v) is 9.71. The van der Waals surface area contributed by atoms with Crippen LogP contribution in [0.25, 0.3) is 0 Å². The predicted octanol–water partition coefficient (Wildman–Crippen LogP) is 1.95. The third-order valence-corrected chi connectivity index (χ3v) is 2.25. The Hall–Kier alpha value is -1.10. The van der Waals surface area contributed by atoms with E-state index in [0.717, 1.165) is 5.69 Å². The van der Waals surface area contributed by atoms with Crippen molar-refractivity contribution in [3.63, 3.8) is 0 Å². The van der Waals surface area contributed by atoms with Crippen molar-refractivity contribution in [2.75, 3.05) is 14.2 Å². The summed E-state index contributed by atoms with van der Waals surface area (Å²) < 4.78 is 10.1. The first-order valence-corrected chi connectivity index (χ1v) is 4.69. The van der Waals surface area contributed by atoms with Crippen LogP contribution < -0.4 is 4.74 Å². The normalized spacial score (nSPS) is 9.71. The monoisotopic (exact) mass is 259 g/mol. The fourth-order valence-electron chi connectivity index (χ4n) is 1.05. The van der Waals surface area contributed by atoms with Gasteiger partial charge < -0.3 is 9.47 Å². The van der Waals surface area contributed by atoms with Gasteiger partial charge in [0.05, 0.1) is 14.2 Å². The molecule has 0 saturated carbocycles. The van der Waals surface area contributed by atoms with Crippen molar-refractivity contribution in [3.8, 4) is 5.75 Å². The van der Waals surface area contributed by atoms with Crippen LogP contribution in [-0.4, -0.2) is 25.2 Å². The number of carbonyl (C=O) groups is 1. The molecule has 0 spiro atoms. The molecule has 0 radical (unpaired) electrons. The lowest BCUT2D eigenvalue weighted by molar-refractivity contribution is 0.0595. The third-order valence-electron chi connectivity index (χ3n) is 1.68. The van der Waals surface area contributed by atoms with Crippen LogP contribution in [0, 0.1) is 6.92 Å². The summed E-state index contributed by atoms with van der Waals surface area (Å²) in [5, 5.41) is 0. The molecule has 5 heteroatoms. The molecule has 0 N–H and O–H groups in total. The minimum absolute atomic E-state index is 0.306. The number of halogens is 1. The second kappa shape index (κ2) is 4.41. The molecule has 0 bridgehead atoms. The number of aryl methyl sites for hydroxylation is 1. The van der Waals surface area contributed by atoms with Crippen molar-refractivity contribution in [3.05, 3.63) is 21.9 Å². The number of nitrogens with zero attached hydrogens (tertiary/aromatic N) is 1. The number of esters is 1. The van der Waals surface area contributed by atoms with E-state index in [0.29, 0.717) is 15.9 Å². The first-order valence-electron chi connectivity index (χ1n) is 3.89. The standard InChI is InChI=1S/C9H10BrNO3/c1-5-4-6(13-2)7(8(10)11-5)9(12)14-3/h4H,1-3H3. The van der Waals surface area contributed by atoms with E-state index in [2.05, 4.69) is 25.7 Å². The number of rotatable bonds is 2. The van der Waals surface area contributed by atoms with E-state index in [1.54, 1.807) is 6.07 Å². The van der Waals surface area contributed by atoms with Crippen LogP contribution in [0.5, 0.6) is 5.75 Å². The molecule has 76 valence electrons. The molecule has 0 aliphatic carbocycles. The molecule has 0 unspecified atom stereocenters. The second-order valence-corrected chi connectivity index (χ2v) is 3.37. The molecule has 1 rings (SSSR count). The van der Waals surface area contributed by atoms with E-state index in [9.17, 15) is 4.79 Å². The number of pyridine rings is 1. The van der Waals surface area contributed by atoms with Crippen LogP contribution in [0.2, 0.25) is 0 Å². The van der Waals surface area contributed by atoms with Gasteiger partial charge >= 0.3 is 5.97 Å². The highest BCUT2D eigenvalue weighted by Gasteiger charge is 2.18. The van der Waals surface area contributed by atoms with Gasteiger partial charge in [-0.3, -0.25) is 0 Å². The number of ether oxygens (including phenoxy) is 2. The largest absolute Gasteiger partial charge is 0.496 e. The SMILES string of the molecule is COC(=O)c1c(OC)cc(C)nc1Br. The lowest BCUT2D eigenvalue weighted by Crippen LogP contribution is -2.07. The molecule has 1 aromatic rings. The minimum Gasteiger partial charge on any atom is -0.496 e. The molecule has 0 atom stereocenters. The molecule has 1 heterocycles. The molecule has 0 saturated heterocycles. The van der Waals surface area contributed by atoms with Crippen LogP contribution in [-0.2, 0) is 4.74 Å². The van der Waals surface area contributed by atoms with E-state index in [1.165, 1.54) is 14.2 Å². The highest BCUT2D eigenvalue weighted by Crippen LogP contribution is 2.26. The molecule has 0 aromatic carbocycles. The van der Waals surface area contributed by atoms with Crippen molar-refractivity contribution in [1.82, 2.24) is 4.98 Å². The van der Waals surface area contributed by atoms with E-state index in [4.69, 9.17) is 4.74 Å². The number of hydrogen-bond donors (Lipinski definition) is 0. The van der Waals surface area contributed by atoms with Crippen LogP contribution in [0.1, 0.15) is 16.1 Å². The van der Waals surface area contributed by atoms with Gasteiger partial charge in [-0.25, -0.2) is 9.78 Å². The first kappa shape index (κ1) is 11.0. The van der Waals surface area contributed by atoms with Gasteiger partial charge in [-0.2, -0.15) is 0 Å². The minimum atomic E-state index is -0.471. The number of aromatic nitrogens is 1. The maximum atomic E-state index is 11.4. The number of carbonyl (C=O) groups excluding carboxylic acids is 1. The summed E-state index contributed by atoms with van der Waals surface area (Å²) in [5.74, 6) is -0.0162. The molecule has 0 aliphatic heterocycles. The molecule has 0 amide bonds. The Morgan fingerprint density at radius 1 is 1.50 bits per heavy atom. The van der Waals surface area contributed by atoms with Crippen LogP contribution in [0.3, 0.4) is 0 Å². The van der Waals surface area contributed by atoms with Gasteiger partial charge in [0.15, 0.2) is 0 Å². The lowest BCUT2D eigenvalue weighted by Gasteiger charge is -2.08. The summed E-state index contributed by atoms with van der Waals surface area (Å²) in [6.45, 7) is 1.81. The zero-order chi connectivity index (χ0) is 10.7. The third kappa shape index (κ3) is 2.04. The Balaban J connectivity index is 3.32. The van der Waals surface area contributed by atoms with Crippen LogP contribution >= 0.6 is 15.9 Å². The number of methoxy groups -OCH3 is 2. The maximum absolute atomic E-state index is 11.4. The Morgan fingerprint density at radius 3 is 2.64 bits per heavy atom. The maximum Gasteiger partial charge on any atom is 0.344 e. The second-order valence-electron chi connectivity index (χ2n) is 2.62. The summed E-state index contributed by atoms with van der Waals surface area (Å²) in [6, 6.07) is 1.68. The topological polar surface area (TPSA) is 48.4 Å². The fraction of sp³-hybridized carbons (Fsp3) is 0.333. The lowest BCUT2D eigenvalue weighted by atomic mass is 10.2. The molecule has 0 aliphatic rings. The van der Waals surface area contributed by atoms with Gasteiger partial charge in [0, 0.05) is 11.8 Å². The quantitative estimate of drug-likeness (QED) is 0.602. The predicted molar refractivity (Wildman–Crippen MR) is 54.6 cm³/mol. The molecular formula is C9H10BrNO3. The molecule has 14 heavy (non-hydrogen) atoms. The Labute approximate surface area is 90.4 Å². The molecule has 1 aromatic heterocycles. The summed E-state index contributed by atoms with van der Waals surface area (Å²) in [6.07, 6.45) is 0. The highest BCUT2D eigenvalue weighted by molar-refractivity contribution is 9.10. The van der Waals surface area contributed by atoms with Gasteiger partial charge in [0.1, 0.15) is 15.9 Å². The van der Waals surface area contributed by atoms with Gasteiger partial charge in [-0.05, 0) is 22.9 Å². The Morgan fingerprint density at radius 2 is 2.14 bits per heavy atom. The van der Waals surface area contributed by atoms with E-state index in [-0.39, 0.29) is 0 Å². The zero-order valence-electron chi connectivity index (χ0n) is 8.13. The first-order chi connectivity index (χ1) is 6.60. The van der Waals surface area contributed by atoms with E-state index in [1.807, 2.05) is 6.92 Å². The van der Waals surface area contributed by atoms with Crippen molar-refractivity contribution in [2.45, 2.75) is 6.92 Å². The highest BCUT2D eigenvalue weighted by atomic mass is 79.9. The van der Waals surface area contributed by atoms with Crippen molar-refractivity contribution in [1.29, 1.82) is 0 Å². The fourth-order valence-corrected chi connectivity index (χ4v) is 1.69. The summed E-state index contributed by atoms with van der Waals surface area (Å²) >= 11 is 3.19. The van der Waals surface area contributed by atoms with Crippen molar-refractivity contribution in [2.24, 2.45) is 0 Å². The van der Waals surface area contributed by atoms with Crippen LogP contribution in [0.4, 0.5) is 0 Å². The molecular weight excluding hydrogens is 250 g/mol. The van der Waals surface area contributed by atoms with Gasteiger partial charge in [0.2, 0.25) is 0 Å². The average molecular weight is 260 g/mol. The van der Waals surface area contributed by atoms with E-state index >= 15 is 0 Å². The van der Waals surface area contributed by atoms with Gasteiger partial charge in [-0.15, -0.1) is 0 Å². The average Bonchev–Trinajstić information content (AvgIpc) is 2.15. The van der Waals surface area contributed by atoms with Crippen LogP contribution in [0.15, 0.2) is 10.7 Å². The van der Waals surface area contributed by atoms with Crippen molar-refractivity contribution < 1.29 is 14.3 Å². The van der Waals surface area contributed by atoms with Crippen molar-refractivity contribution >= 4 is 21.9 Å². The smallest absolute Gasteiger partial charge is 0.344 e. The Bertz CT molecular complexity index is 365. The number of hydrogen-bond acceptors (Lipinski definition) is 4. The van der Waals surface area contributed by atoms with Gasteiger partial charge in [-0.1, -0.05) is 0 Å².